The minimum Gasteiger partial charge on any atom is -0.395 e. The first-order valence-corrected chi connectivity index (χ1v) is 4.53. The van der Waals surface area contributed by atoms with Gasteiger partial charge in [-0.25, -0.2) is 0 Å². The maximum absolute atomic E-state index is 10.7. The summed E-state index contributed by atoms with van der Waals surface area (Å²) in [4.78, 5) is 10.7. The summed E-state index contributed by atoms with van der Waals surface area (Å²) in [6.07, 6.45) is -2.11. The van der Waals surface area contributed by atoms with Crippen molar-refractivity contribution in [3.63, 3.8) is 0 Å². The van der Waals surface area contributed by atoms with E-state index in [2.05, 4.69) is 10.6 Å². The topological polar surface area (TPSA) is 102 Å². The van der Waals surface area contributed by atoms with Crippen LogP contribution in [0.4, 0.5) is 0 Å². The Labute approximate surface area is 81.9 Å². The van der Waals surface area contributed by atoms with Crippen molar-refractivity contribution in [3.05, 3.63) is 0 Å². The zero-order valence-corrected chi connectivity index (χ0v) is 7.97. The SMILES string of the molecule is CC(=O)N[C@H]1CN[C@H](CO)[C@H](O)[C@H]1O. The maximum atomic E-state index is 10.7. The first-order chi connectivity index (χ1) is 6.56. The summed E-state index contributed by atoms with van der Waals surface area (Å²) >= 11 is 0. The van der Waals surface area contributed by atoms with Crippen LogP contribution in [0.1, 0.15) is 6.92 Å². The molecule has 14 heavy (non-hydrogen) atoms. The first-order valence-electron chi connectivity index (χ1n) is 4.53. The fourth-order valence-corrected chi connectivity index (χ4v) is 1.57. The van der Waals surface area contributed by atoms with Crippen LogP contribution in [-0.2, 0) is 4.79 Å². The molecule has 0 spiro atoms. The molecule has 0 aromatic carbocycles. The molecule has 82 valence electrons. The summed E-state index contributed by atoms with van der Waals surface area (Å²) in [5.41, 5.74) is 0. The Morgan fingerprint density at radius 2 is 2.14 bits per heavy atom. The van der Waals surface area contributed by atoms with E-state index in [-0.39, 0.29) is 12.5 Å². The number of carbonyl (C=O) groups excluding carboxylic acids is 1. The number of aliphatic hydroxyl groups is 3. The molecule has 0 aromatic rings. The lowest BCUT2D eigenvalue weighted by Crippen LogP contribution is -2.65. The van der Waals surface area contributed by atoms with Gasteiger partial charge in [-0.3, -0.25) is 4.79 Å². The third-order valence-electron chi connectivity index (χ3n) is 2.36. The monoisotopic (exact) mass is 204 g/mol. The minimum atomic E-state index is -1.06. The van der Waals surface area contributed by atoms with Crippen LogP contribution < -0.4 is 10.6 Å². The van der Waals surface area contributed by atoms with Gasteiger partial charge in [0.15, 0.2) is 0 Å². The van der Waals surface area contributed by atoms with Gasteiger partial charge in [-0.05, 0) is 0 Å². The highest BCUT2D eigenvalue weighted by atomic mass is 16.3. The largest absolute Gasteiger partial charge is 0.395 e. The summed E-state index contributed by atoms with van der Waals surface area (Å²) in [7, 11) is 0. The van der Waals surface area contributed by atoms with E-state index in [0.717, 1.165) is 0 Å². The van der Waals surface area contributed by atoms with E-state index < -0.39 is 24.3 Å². The molecule has 1 saturated heterocycles. The second kappa shape index (κ2) is 4.70. The number of nitrogens with one attached hydrogen (secondary N) is 2. The average molecular weight is 204 g/mol. The van der Waals surface area contributed by atoms with E-state index in [4.69, 9.17) is 5.11 Å². The van der Waals surface area contributed by atoms with Crippen LogP contribution in [0.2, 0.25) is 0 Å². The molecule has 1 aliphatic heterocycles. The summed E-state index contributed by atoms with van der Waals surface area (Å²) in [6.45, 7) is 1.44. The van der Waals surface area contributed by atoms with Gasteiger partial charge in [0, 0.05) is 13.5 Å². The molecular formula is C8H16N2O4. The van der Waals surface area contributed by atoms with E-state index in [9.17, 15) is 15.0 Å². The van der Waals surface area contributed by atoms with Crippen molar-refractivity contribution in [1.82, 2.24) is 10.6 Å². The lowest BCUT2D eigenvalue weighted by Gasteiger charge is -2.37. The Bertz CT molecular complexity index is 212. The smallest absolute Gasteiger partial charge is 0.217 e. The summed E-state index contributed by atoms with van der Waals surface area (Å²) in [5, 5.41) is 33.2. The number of carbonyl (C=O) groups is 1. The van der Waals surface area contributed by atoms with Crippen molar-refractivity contribution in [2.45, 2.75) is 31.2 Å². The summed E-state index contributed by atoms with van der Waals surface area (Å²) < 4.78 is 0. The number of hydrogen-bond donors (Lipinski definition) is 5. The Morgan fingerprint density at radius 3 is 2.64 bits per heavy atom. The minimum absolute atomic E-state index is 0.245. The van der Waals surface area contributed by atoms with Crippen molar-refractivity contribution in [3.8, 4) is 0 Å². The van der Waals surface area contributed by atoms with Crippen LogP contribution in [-0.4, -0.2) is 58.7 Å². The van der Waals surface area contributed by atoms with Gasteiger partial charge >= 0.3 is 0 Å². The van der Waals surface area contributed by atoms with Gasteiger partial charge in [-0.1, -0.05) is 0 Å². The van der Waals surface area contributed by atoms with E-state index in [1.807, 2.05) is 0 Å². The summed E-state index contributed by atoms with van der Waals surface area (Å²) in [6, 6.07) is -1.04. The molecule has 0 unspecified atom stereocenters. The van der Waals surface area contributed by atoms with Crippen molar-refractivity contribution >= 4 is 5.91 Å². The van der Waals surface area contributed by atoms with Crippen molar-refractivity contribution < 1.29 is 20.1 Å². The number of amides is 1. The fourth-order valence-electron chi connectivity index (χ4n) is 1.57. The Balaban J connectivity index is 2.54. The predicted molar refractivity (Wildman–Crippen MR) is 48.5 cm³/mol. The van der Waals surface area contributed by atoms with Gasteiger partial charge in [0.1, 0.15) is 6.10 Å². The van der Waals surface area contributed by atoms with Gasteiger partial charge < -0.3 is 26.0 Å². The van der Waals surface area contributed by atoms with E-state index >= 15 is 0 Å². The molecule has 1 rings (SSSR count). The fraction of sp³-hybridized carbons (Fsp3) is 0.875. The van der Waals surface area contributed by atoms with Gasteiger partial charge in [0.25, 0.3) is 0 Å². The Morgan fingerprint density at radius 1 is 1.50 bits per heavy atom. The number of hydrogen-bond acceptors (Lipinski definition) is 5. The van der Waals surface area contributed by atoms with Crippen LogP contribution in [0.15, 0.2) is 0 Å². The number of piperidine rings is 1. The highest BCUT2D eigenvalue weighted by molar-refractivity contribution is 5.73. The van der Waals surface area contributed by atoms with Gasteiger partial charge in [0.2, 0.25) is 5.91 Å². The molecule has 5 N–H and O–H groups in total. The molecule has 4 atom stereocenters. The molecule has 0 aliphatic carbocycles. The standard InChI is InChI=1S/C8H16N2O4/c1-4(12)10-5-2-9-6(3-11)8(14)7(5)13/h5-9,11,13-14H,2-3H2,1H3,(H,10,12)/t5-,6+,7-,8-/m0/s1. The van der Waals surface area contributed by atoms with Gasteiger partial charge in [0.05, 0.1) is 24.8 Å². The molecule has 1 amide bonds. The zero-order chi connectivity index (χ0) is 10.7. The molecular weight excluding hydrogens is 188 g/mol. The number of aliphatic hydroxyl groups excluding tert-OH is 3. The summed E-state index contributed by atoms with van der Waals surface area (Å²) in [5.74, 6) is -0.259. The normalized spacial score (nSPS) is 38.0. The van der Waals surface area contributed by atoms with Gasteiger partial charge in [-0.15, -0.1) is 0 Å². The number of rotatable bonds is 2. The van der Waals surface area contributed by atoms with E-state index in [1.165, 1.54) is 6.92 Å². The highest BCUT2D eigenvalue weighted by Crippen LogP contribution is 2.10. The van der Waals surface area contributed by atoms with Crippen LogP contribution in [0, 0.1) is 0 Å². The van der Waals surface area contributed by atoms with Crippen molar-refractivity contribution in [2.75, 3.05) is 13.2 Å². The van der Waals surface area contributed by atoms with Gasteiger partial charge in [-0.2, -0.15) is 0 Å². The molecule has 6 heteroatoms. The van der Waals surface area contributed by atoms with Crippen LogP contribution in [0.25, 0.3) is 0 Å². The molecule has 0 aromatic heterocycles. The Hall–Kier alpha value is -0.690. The van der Waals surface area contributed by atoms with Crippen molar-refractivity contribution in [1.29, 1.82) is 0 Å². The Kier molecular flexibility index (Phi) is 3.82. The first kappa shape index (κ1) is 11.4. The molecule has 0 radical (unpaired) electrons. The molecule has 1 heterocycles. The van der Waals surface area contributed by atoms with E-state index in [0.29, 0.717) is 6.54 Å². The van der Waals surface area contributed by atoms with Crippen LogP contribution >= 0.6 is 0 Å². The zero-order valence-electron chi connectivity index (χ0n) is 7.97. The average Bonchev–Trinajstić information content (AvgIpc) is 2.13. The molecule has 0 saturated carbocycles. The highest BCUT2D eigenvalue weighted by Gasteiger charge is 2.36. The predicted octanol–water partition coefficient (Wildman–Crippen LogP) is -2.82. The molecule has 0 bridgehead atoms. The second-order valence-electron chi connectivity index (χ2n) is 3.49. The molecule has 1 fully saturated rings. The maximum Gasteiger partial charge on any atom is 0.217 e. The van der Waals surface area contributed by atoms with E-state index in [1.54, 1.807) is 0 Å². The third-order valence-corrected chi connectivity index (χ3v) is 2.36. The lowest BCUT2D eigenvalue weighted by molar-refractivity contribution is -0.122. The quantitative estimate of drug-likeness (QED) is 0.334. The van der Waals surface area contributed by atoms with Crippen LogP contribution in [0.5, 0.6) is 0 Å². The van der Waals surface area contributed by atoms with Crippen molar-refractivity contribution in [2.24, 2.45) is 0 Å². The lowest BCUT2D eigenvalue weighted by atomic mass is 9.94. The molecule has 1 aliphatic rings. The third kappa shape index (κ3) is 2.42. The van der Waals surface area contributed by atoms with Crippen LogP contribution in [0.3, 0.4) is 0 Å². The second-order valence-corrected chi connectivity index (χ2v) is 3.49. The molecule has 6 nitrogen and oxygen atoms in total.